The number of rotatable bonds is 6. The Morgan fingerprint density at radius 2 is 2.08 bits per heavy atom. The molecule has 0 aliphatic carbocycles. The molecule has 2 aromatic heterocycles. The van der Waals surface area contributed by atoms with Gasteiger partial charge in [0.05, 0.1) is 16.9 Å². The van der Waals surface area contributed by atoms with E-state index in [1.54, 1.807) is 34.0 Å². The smallest absolute Gasteiger partial charge is 0.273 e. The molecule has 0 spiro atoms. The number of anilines is 1. The molecule has 1 aromatic carbocycles. The van der Waals surface area contributed by atoms with Gasteiger partial charge < -0.3 is 15.5 Å². The molecule has 1 saturated heterocycles. The van der Waals surface area contributed by atoms with E-state index in [0.29, 0.717) is 66.9 Å². The number of hydrogen-bond donors (Lipinski definition) is 3. The fourth-order valence-electron chi connectivity index (χ4n) is 4.81. The summed E-state index contributed by atoms with van der Waals surface area (Å²) in [5.74, 6) is -0.427. The summed E-state index contributed by atoms with van der Waals surface area (Å²) in [5, 5.41) is 14.8. The lowest BCUT2D eigenvalue weighted by atomic mass is 9.97. The molecule has 0 radical (unpaired) electrons. The van der Waals surface area contributed by atoms with Gasteiger partial charge in [0.15, 0.2) is 0 Å². The Bertz CT molecular complexity index is 1320. The number of piperidine rings is 1. The van der Waals surface area contributed by atoms with Crippen molar-refractivity contribution in [2.75, 3.05) is 25.0 Å². The monoisotopic (exact) mass is 510 g/mol. The molecule has 3 N–H and O–H groups in total. The Labute approximate surface area is 211 Å². The summed E-state index contributed by atoms with van der Waals surface area (Å²) in [5.41, 5.74) is 5.46. The zero-order valence-corrected chi connectivity index (χ0v) is 20.5. The number of likely N-dealkylation sites (tertiary alicyclic amines) is 1. The number of alkyl halides is 1. The van der Waals surface area contributed by atoms with Crippen LogP contribution in [0.25, 0.3) is 0 Å². The van der Waals surface area contributed by atoms with Crippen molar-refractivity contribution in [1.29, 1.82) is 0 Å². The van der Waals surface area contributed by atoms with Gasteiger partial charge in [-0.15, -0.1) is 11.3 Å². The number of aromatic nitrogens is 3. The minimum absolute atomic E-state index is 0.0963. The lowest BCUT2D eigenvalue weighted by Crippen LogP contribution is -2.46. The zero-order chi connectivity index (χ0) is 25.1. The van der Waals surface area contributed by atoms with E-state index in [9.17, 15) is 18.8 Å². The second-order valence-electron chi connectivity index (χ2n) is 9.10. The second kappa shape index (κ2) is 10.6. The molecule has 3 aromatic rings. The van der Waals surface area contributed by atoms with Crippen LogP contribution in [-0.2, 0) is 19.5 Å². The van der Waals surface area contributed by atoms with E-state index in [2.05, 4.69) is 25.8 Å². The third-order valence-electron chi connectivity index (χ3n) is 6.77. The van der Waals surface area contributed by atoms with Gasteiger partial charge in [0.2, 0.25) is 0 Å². The van der Waals surface area contributed by atoms with Crippen LogP contribution in [0.5, 0.6) is 0 Å². The van der Waals surface area contributed by atoms with Gasteiger partial charge in [0.25, 0.3) is 17.4 Å². The Morgan fingerprint density at radius 3 is 2.83 bits per heavy atom. The summed E-state index contributed by atoms with van der Waals surface area (Å²) >= 11 is 1.38. The van der Waals surface area contributed by atoms with Gasteiger partial charge in [-0.2, -0.15) is 5.10 Å². The molecule has 9 nitrogen and oxygen atoms in total. The number of H-pyrrole nitrogens is 1. The Hall–Kier alpha value is -3.60. The number of nitrogens with one attached hydrogen (secondary N) is 3. The zero-order valence-electron chi connectivity index (χ0n) is 19.7. The van der Waals surface area contributed by atoms with E-state index in [4.69, 9.17) is 0 Å². The van der Waals surface area contributed by atoms with Crippen molar-refractivity contribution in [3.05, 3.63) is 73.1 Å². The van der Waals surface area contributed by atoms with Crippen LogP contribution in [-0.4, -0.2) is 57.6 Å². The van der Waals surface area contributed by atoms with Gasteiger partial charge in [-0.25, -0.2) is 14.5 Å². The summed E-state index contributed by atoms with van der Waals surface area (Å²) in [6.07, 6.45) is 3.20. The van der Waals surface area contributed by atoms with Gasteiger partial charge in [-0.05, 0) is 42.9 Å². The standard InChI is InChI=1S/C25H27FN6O3S/c26-12-16-4-3-15(11-20-22-18(2-1-7-27-22)24(34)31-30-20)10-19(16)23(33)29-17-5-8-32(9-6-17)25(35)21-13-36-14-28-21/h3-4,10,13-14,17,27H,1-2,5-9,11-12H2,(H,29,33)(H,31,34). The highest BCUT2D eigenvalue weighted by molar-refractivity contribution is 7.07. The van der Waals surface area contributed by atoms with Crippen LogP contribution < -0.4 is 16.2 Å². The highest BCUT2D eigenvalue weighted by atomic mass is 32.1. The van der Waals surface area contributed by atoms with Crippen LogP contribution in [0.2, 0.25) is 0 Å². The number of benzene rings is 1. The molecule has 2 aliphatic heterocycles. The second-order valence-corrected chi connectivity index (χ2v) is 9.82. The van der Waals surface area contributed by atoms with Crippen molar-refractivity contribution in [2.24, 2.45) is 0 Å². The summed E-state index contributed by atoms with van der Waals surface area (Å²) in [4.78, 5) is 43.6. The van der Waals surface area contributed by atoms with Crippen LogP contribution >= 0.6 is 11.3 Å². The Balaban J connectivity index is 1.27. The summed E-state index contributed by atoms with van der Waals surface area (Å²) in [7, 11) is 0. The van der Waals surface area contributed by atoms with Crippen molar-refractivity contribution >= 4 is 28.8 Å². The lowest BCUT2D eigenvalue weighted by Gasteiger charge is -2.32. The molecule has 36 heavy (non-hydrogen) atoms. The predicted octanol–water partition coefficient (Wildman–Crippen LogP) is 2.68. The van der Waals surface area contributed by atoms with E-state index < -0.39 is 6.67 Å². The van der Waals surface area contributed by atoms with Gasteiger partial charge >= 0.3 is 0 Å². The highest BCUT2D eigenvalue weighted by Gasteiger charge is 2.26. The number of thiazole rings is 1. The van der Waals surface area contributed by atoms with Crippen molar-refractivity contribution in [3.63, 3.8) is 0 Å². The van der Waals surface area contributed by atoms with Crippen molar-refractivity contribution < 1.29 is 14.0 Å². The van der Waals surface area contributed by atoms with Crippen LogP contribution in [0.15, 0.2) is 33.9 Å². The number of carbonyl (C=O) groups is 2. The largest absolute Gasteiger partial charge is 0.383 e. The van der Waals surface area contributed by atoms with Crippen LogP contribution in [0.1, 0.15) is 62.5 Å². The molecule has 5 rings (SSSR count). The van der Waals surface area contributed by atoms with E-state index in [1.807, 2.05) is 0 Å². The molecule has 0 bridgehead atoms. The molecule has 2 aliphatic rings. The first-order valence-corrected chi connectivity index (χ1v) is 13.0. The number of aromatic amines is 1. The minimum atomic E-state index is -0.752. The average molecular weight is 511 g/mol. The Kier molecular flexibility index (Phi) is 7.08. The average Bonchev–Trinajstić information content (AvgIpc) is 3.46. The normalized spacial score (nSPS) is 15.8. The SMILES string of the molecule is O=C(NC1CCN(C(=O)c2cscn2)CC1)c1cc(Cc2n[nH]c(=O)c3c2NCCC3)ccc1CF. The van der Waals surface area contributed by atoms with E-state index in [1.165, 1.54) is 11.3 Å². The van der Waals surface area contributed by atoms with Crippen molar-refractivity contribution in [3.8, 4) is 0 Å². The molecular formula is C25H27FN6O3S. The number of hydrogen-bond acceptors (Lipinski definition) is 7. The van der Waals surface area contributed by atoms with Gasteiger partial charge in [-0.3, -0.25) is 14.4 Å². The predicted molar refractivity (Wildman–Crippen MR) is 134 cm³/mol. The topological polar surface area (TPSA) is 120 Å². The molecule has 1 fully saturated rings. The first kappa shape index (κ1) is 24.1. The van der Waals surface area contributed by atoms with E-state index in [0.717, 1.165) is 24.2 Å². The highest BCUT2D eigenvalue weighted by Crippen LogP contribution is 2.25. The summed E-state index contributed by atoms with van der Waals surface area (Å²) < 4.78 is 13.7. The number of fused-ring (bicyclic) bond motifs is 1. The first-order chi connectivity index (χ1) is 17.5. The fraction of sp³-hybridized carbons (Fsp3) is 0.400. The van der Waals surface area contributed by atoms with Crippen LogP contribution in [0, 0.1) is 0 Å². The Morgan fingerprint density at radius 1 is 1.25 bits per heavy atom. The third kappa shape index (κ3) is 5.01. The van der Waals surface area contributed by atoms with E-state index in [-0.39, 0.29) is 23.4 Å². The van der Waals surface area contributed by atoms with E-state index >= 15 is 0 Å². The molecule has 0 unspecified atom stereocenters. The maximum absolute atomic E-state index is 13.7. The third-order valence-corrected chi connectivity index (χ3v) is 7.35. The quantitative estimate of drug-likeness (QED) is 0.469. The maximum Gasteiger partial charge on any atom is 0.273 e. The van der Waals surface area contributed by atoms with Gasteiger partial charge in [0, 0.05) is 48.6 Å². The number of carbonyl (C=O) groups excluding carboxylic acids is 2. The van der Waals surface area contributed by atoms with Crippen LogP contribution in [0.3, 0.4) is 0 Å². The molecule has 4 heterocycles. The first-order valence-electron chi connectivity index (χ1n) is 12.0. The summed E-state index contributed by atoms with van der Waals surface area (Å²) in [6, 6.07) is 5.01. The molecular weight excluding hydrogens is 483 g/mol. The maximum atomic E-state index is 13.7. The van der Waals surface area contributed by atoms with Crippen molar-refractivity contribution in [1.82, 2.24) is 25.4 Å². The number of halogens is 1. The molecule has 11 heteroatoms. The van der Waals surface area contributed by atoms with Gasteiger partial charge in [-0.1, -0.05) is 12.1 Å². The molecule has 188 valence electrons. The lowest BCUT2D eigenvalue weighted by molar-refractivity contribution is 0.0693. The molecule has 0 atom stereocenters. The molecule has 0 saturated carbocycles. The minimum Gasteiger partial charge on any atom is -0.383 e. The van der Waals surface area contributed by atoms with Crippen molar-refractivity contribution in [2.45, 2.75) is 44.8 Å². The number of nitrogens with zero attached hydrogens (tertiary/aromatic N) is 3. The molecule has 2 amide bonds. The number of amides is 2. The summed E-state index contributed by atoms with van der Waals surface area (Å²) in [6.45, 7) is 1.06. The van der Waals surface area contributed by atoms with Gasteiger partial charge in [0.1, 0.15) is 12.4 Å². The van der Waals surface area contributed by atoms with Crippen LogP contribution in [0.4, 0.5) is 10.1 Å². The fourth-order valence-corrected chi connectivity index (χ4v) is 5.33.